The third-order valence-corrected chi connectivity index (χ3v) is 13.3. The smallest absolute Gasteiger partial charge is 0.306 e. The van der Waals surface area contributed by atoms with E-state index in [0.29, 0.717) is 19.3 Å². The molecule has 1 atom stereocenters. The normalized spacial score (nSPS) is 13.1. The molecule has 0 aliphatic carbocycles. The van der Waals surface area contributed by atoms with Crippen LogP contribution in [0, 0.1) is 0 Å². The van der Waals surface area contributed by atoms with Crippen LogP contribution < -0.4 is 0 Å². The highest BCUT2D eigenvalue weighted by Crippen LogP contribution is 2.14. The van der Waals surface area contributed by atoms with E-state index in [0.717, 1.165) is 167 Å². The van der Waals surface area contributed by atoms with Crippen LogP contribution in [0.5, 0.6) is 0 Å². The van der Waals surface area contributed by atoms with Crippen LogP contribution in [0.2, 0.25) is 0 Å². The number of esters is 3. The number of allylic oxidation sites excluding steroid dienone is 24. The Morgan fingerprint density at radius 2 is 0.494 bits per heavy atom. The van der Waals surface area contributed by atoms with Crippen molar-refractivity contribution in [2.24, 2.45) is 0 Å². The average molecular weight is 1090 g/mol. The van der Waals surface area contributed by atoms with E-state index in [4.69, 9.17) is 14.2 Å². The molecule has 0 rings (SSSR count). The Labute approximate surface area is 487 Å². The summed E-state index contributed by atoms with van der Waals surface area (Å²) >= 11 is 0. The van der Waals surface area contributed by atoms with Crippen LogP contribution in [0.3, 0.4) is 0 Å². The third kappa shape index (κ3) is 64.0. The minimum atomic E-state index is -0.793. The zero-order valence-corrected chi connectivity index (χ0v) is 51.1. The van der Waals surface area contributed by atoms with Crippen molar-refractivity contribution >= 4 is 17.9 Å². The molecule has 0 saturated carbocycles. The zero-order valence-electron chi connectivity index (χ0n) is 51.1. The summed E-state index contributed by atoms with van der Waals surface area (Å²) in [6.07, 6.45) is 94.7. The molecule has 79 heavy (non-hydrogen) atoms. The molecule has 0 aromatic carbocycles. The van der Waals surface area contributed by atoms with E-state index in [1.54, 1.807) is 0 Å². The number of carbonyl (C=O) groups excluding carboxylic acids is 3. The van der Waals surface area contributed by atoms with E-state index >= 15 is 0 Å². The number of rotatable bonds is 57. The second-order valence-electron chi connectivity index (χ2n) is 20.9. The van der Waals surface area contributed by atoms with Gasteiger partial charge in [0.25, 0.3) is 0 Å². The molecule has 0 aliphatic rings. The number of hydrogen-bond donors (Lipinski definition) is 0. The molecule has 1 unspecified atom stereocenters. The summed E-state index contributed by atoms with van der Waals surface area (Å²) < 4.78 is 16.7. The van der Waals surface area contributed by atoms with Gasteiger partial charge in [0, 0.05) is 19.3 Å². The fourth-order valence-electron chi connectivity index (χ4n) is 8.50. The fraction of sp³-hybridized carbons (Fsp3) is 0.630. The first kappa shape index (κ1) is 74.3. The van der Waals surface area contributed by atoms with Gasteiger partial charge in [-0.25, -0.2) is 0 Å². The van der Waals surface area contributed by atoms with Crippen molar-refractivity contribution in [2.75, 3.05) is 13.2 Å². The predicted molar refractivity (Wildman–Crippen MR) is 343 cm³/mol. The minimum absolute atomic E-state index is 0.0920. The molecule has 446 valence electrons. The first-order valence-electron chi connectivity index (χ1n) is 32.3. The second-order valence-corrected chi connectivity index (χ2v) is 20.9. The van der Waals surface area contributed by atoms with E-state index < -0.39 is 6.10 Å². The summed E-state index contributed by atoms with van der Waals surface area (Å²) in [4.78, 5) is 37.9. The molecule has 0 bridgehead atoms. The van der Waals surface area contributed by atoms with Crippen molar-refractivity contribution in [3.8, 4) is 0 Å². The molecule has 0 aliphatic heterocycles. The van der Waals surface area contributed by atoms with Gasteiger partial charge < -0.3 is 14.2 Å². The lowest BCUT2D eigenvalue weighted by Gasteiger charge is -2.18. The minimum Gasteiger partial charge on any atom is -0.462 e. The molecule has 0 heterocycles. The van der Waals surface area contributed by atoms with E-state index in [-0.39, 0.29) is 31.1 Å². The van der Waals surface area contributed by atoms with E-state index in [1.807, 2.05) is 0 Å². The molecule has 0 saturated heterocycles. The maximum atomic E-state index is 12.8. The van der Waals surface area contributed by atoms with Gasteiger partial charge in [0.15, 0.2) is 6.10 Å². The summed E-state index contributed by atoms with van der Waals surface area (Å²) in [6, 6.07) is 0. The Bertz CT molecular complexity index is 1730. The van der Waals surface area contributed by atoms with E-state index in [2.05, 4.69) is 167 Å². The van der Waals surface area contributed by atoms with Gasteiger partial charge >= 0.3 is 17.9 Å². The summed E-state index contributed by atoms with van der Waals surface area (Å²) in [5.41, 5.74) is 0. The van der Waals surface area contributed by atoms with Crippen molar-refractivity contribution in [3.05, 3.63) is 146 Å². The van der Waals surface area contributed by atoms with Crippen LogP contribution >= 0.6 is 0 Å². The summed E-state index contributed by atoms with van der Waals surface area (Å²) in [7, 11) is 0. The molecule has 0 aromatic rings. The zero-order chi connectivity index (χ0) is 57.1. The lowest BCUT2D eigenvalue weighted by molar-refractivity contribution is -0.167. The van der Waals surface area contributed by atoms with Crippen molar-refractivity contribution in [1.82, 2.24) is 0 Å². The van der Waals surface area contributed by atoms with Crippen LogP contribution in [-0.2, 0) is 28.6 Å². The molecule has 0 amide bonds. The van der Waals surface area contributed by atoms with Crippen LogP contribution in [0.15, 0.2) is 146 Å². The van der Waals surface area contributed by atoms with Gasteiger partial charge in [0.1, 0.15) is 13.2 Å². The number of hydrogen-bond acceptors (Lipinski definition) is 6. The van der Waals surface area contributed by atoms with E-state index in [9.17, 15) is 14.4 Å². The topological polar surface area (TPSA) is 78.9 Å². The van der Waals surface area contributed by atoms with Crippen molar-refractivity contribution in [2.45, 2.75) is 284 Å². The first-order valence-corrected chi connectivity index (χ1v) is 32.3. The predicted octanol–water partition coefficient (Wildman–Crippen LogP) is 22.3. The number of carbonyl (C=O) groups is 3. The average Bonchev–Trinajstić information content (AvgIpc) is 3.45. The van der Waals surface area contributed by atoms with Crippen molar-refractivity contribution in [3.63, 3.8) is 0 Å². The molecule has 0 fully saturated rings. The molecular weight excluding hydrogens is 973 g/mol. The molecule has 0 radical (unpaired) electrons. The van der Waals surface area contributed by atoms with Gasteiger partial charge in [0.05, 0.1) is 0 Å². The highest BCUT2D eigenvalue weighted by molar-refractivity contribution is 5.71. The van der Waals surface area contributed by atoms with Crippen molar-refractivity contribution < 1.29 is 28.6 Å². The summed E-state index contributed by atoms with van der Waals surface area (Å²) in [5.74, 6) is -0.935. The largest absolute Gasteiger partial charge is 0.462 e. The molecule has 6 nitrogen and oxygen atoms in total. The molecule has 0 aromatic heterocycles. The van der Waals surface area contributed by atoms with Gasteiger partial charge in [-0.1, -0.05) is 276 Å². The van der Waals surface area contributed by atoms with Gasteiger partial charge in [-0.3, -0.25) is 14.4 Å². The molecular formula is C73H118O6. The molecule has 0 N–H and O–H groups in total. The summed E-state index contributed by atoms with van der Waals surface area (Å²) in [6.45, 7) is 6.41. The maximum absolute atomic E-state index is 12.8. The lowest BCUT2D eigenvalue weighted by Crippen LogP contribution is -2.30. The van der Waals surface area contributed by atoms with E-state index in [1.165, 1.54) is 70.6 Å². The number of unbranched alkanes of at least 4 members (excludes halogenated alkanes) is 22. The number of ether oxygens (including phenoxy) is 3. The Morgan fingerprint density at radius 1 is 0.266 bits per heavy atom. The van der Waals surface area contributed by atoms with Crippen molar-refractivity contribution in [1.29, 1.82) is 0 Å². The maximum Gasteiger partial charge on any atom is 0.306 e. The molecule has 0 spiro atoms. The van der Waals surface area contributed by atoms with Crippen LogP contribution in [0.1, 0.15) is 278 Å². The molecule has 6 heteroatoms. The SMILES string of the molecule is CC/C=C\C/C=C\C/C=C\C/C=C\C/C=C\C/C=C\C/C=C\C/C=C\C/C=C\CCCCCCCC(=O)OCC(COC(=O)CCCCCCC)OC(=O)CCCCCCCCCC/C=C\C/C=C\C/C=C\CCCCCCC. The first-order chi connectivity index (χ1) is 39.0. The highest BCUT2D eigenvalue weighted by atomic mass is 16.6. The Hall–Kier alpha value is -4.71. The Kier molecular flexibility index (Phi) is 61.9. The van der Waals surface area contributed by atoms with Crippen LogP contribution in [0.4, 0.5) is 0 Å². The second kappa shape index (κ2) is 65.8. The monoisotopic (exact) mass is 1090 g/mol. The van der Waals surface area contributed by atoms with Crippen LogP contribution in [-0.4, -0.2) is 37.2 Å². The van der Waals surface area contributed by atoms with Gasteiger partial charge in [-0.2, -0.15) is 0 Å². The summed E-state index contributed by atoms with van der Waals surface area (Å²) in [5, 5.41) is 0. The van der Waals surface area contributed by atoms with Gasteiger partial charge in [-0.05, 0) is 128 Å². The Balaban J connectivity index is 4.15. The Morgan fingerprint density at radius 3 is 0.772 bits per heavy atom. The standard InChI is InChI=1S/C73H118O6/c1-4-7-10-13-15-17-19-21-23-25-27-29-31-32-33-34-35-36-37-38-39-40-42-43-45-47-49-51-53-55-57-60-63-66-72(75)78-69-70(68-77-71(74)65-62-59-12-9-6-3)79-73(76)67-64-61-58-56-54-52-50-48-46-44-41-30-28-26-24-22-20-18-16-14-11-8-5-2/h7,10,15,17,20-23,26-29,32-33,35-36,38-39,41-44,47,49,70H,4-6,8-9,11-14,16,18-19,24-25,30-31,34,37,40,45-46,48,50-69H2,1-3H3/b10-7-,17-15-,22-20-,23-21-,28-26-,29-27-,33-32-,36-35-,39-38-,43-42-,44-41-,49-47-. The van der Waals surface area contributed by atoms with Crippen LogP contribution in [0.25, 0.3) is 0 Å². The lowest BCUT2D eigenvalue weighted by atomic mass is 10.1. The third-order valence-electron chi connectivity index (χ3n) is 13.3. The highest BCUT2D eigenvalue weighted by Gasteiger charge is 2.19. The fourth-order valence-corrected chi connectivity index (χ4v) is 8.50. The quantitative estimate of drug-likeness (QED) is 0.0261. The van der Waals surface area contributed by atoms with Gasteiger partial charge in [0.2, 0.25) is 0 Å². The van der Waals surface area contributed by atoms with Gasteiger partial charge in [-0.15, -0.1) is 0 Å².